The van der Waals surface area contributed by atoms with Crippen LogP contribution in [0.4, 0.5) is 5.95 Å². The molecule has 0 fully saturated rings. The highest BCUT2D eigenvalue weighted by Gasteiger charge is 2.06. The molecule has 7 nitrogen and oxygen atoms in total. The van der Waals surface area contributed by atoms with Crippen molar-refractivity contribution in [3.8, 4) is 6.01 Å². The van der Waals surface area contributed by atoms with Crippen molar-refractivity contribution in [2.24, 2.45) is 5.84 Å². The lowest BCUT2D eigenvalue weighted by atomic mass is 10.2. The Morgan fingerprint density at radius 3 is 2.78 bits per heavy atom. The van der Waals surface area contributed by atoms with Crippen molar-refractivity contribution in [2.45, 2.75) is 12.8 Å². The van der Waals surface area contributed by atoms with Gasteiger partial charge in [0.15, 0.2) is 0 Å². The molecule has 0 radical (unpaired) electrons. The number of anilines is 1. The average molecular weight is 246 g/mol. The van der Waals surface area contributed by atoms with E-state index in [0.29, 0.717) is 12.2 Å². The second kappa shape index (κ2) is 5.87. The van der Waals surface area contributed by atoms with Gasteiger partial charge in [-0.1, -0.05) is 6.07 Å². The fourth-order valence-electron chi connectivity index (χ4n) is 1.45. The molecule has 0 bridgehead atoms. The monoisotopic (exact) mass is 246 g/mol. The third-order valence-corrected chi connectivity index (χ3v) is 2.30. The maximum absolute atomic E-state index is 5.28. The van der Waals surface area contributed by atoms with Crippen LogP contribution in [-0.2, 0) is 12.8 Å². The molecule has 0 spiro atoms. The standard InChI is InChI=1S/C11H14N6O/c1-18-11-15-9(14-10(16-11)17-12)6-5-8-4-2-3-7-13-8/h2-4,7H,5-6,12H2,1H3,(H,14,15,16,17). The number of ether oxygens (including phenoxy) is 1. The van der Waals surface area contributed by atoms with E-state index in [-0.39, 0.29) is 12.0 Å². The van der Waals surface area contributed by atoms with Crippen molar-refractivity contribution >= 4 is 5.95 Å². The van der Waals surface area contributed by atoms with Crippen LogP contribution in [-0.4, -0.2) is 27.0 Å². The zero-order valence-electron chi connectivity index (χ0n) is 10.00. The average Bonchev–Trinajstić information content (AvgIpc) is 2.45. The smallest absolute Gasteiger partial charge is 0.321 e. The van der Waals surface area contributed by atoms with Crippen molar-refractivity contribution < 1.29 is 4.74 Å². The Hall–Kier alpha value is -2.28. The summed E-state index contributed by atoms with van der Waals surface area (Å²) >= 11 is 0. The molecule has 0 aliphatic rings. The molecular formula is C11H14N6O. The van der Waals surface area contributed by atoms with Gasteiger partial charge in [0, 0.05) is 18.3 Å². The topological polar surface area (TPSA) is 98.8 Å². The number of nitrogens with one attached hydrogen (secondary N) is 1. The number of nitrogens with zero attached hydrogens (tertiary/aromatic N) is 4. The van der Waals surface area contributed by atoms with Crippen LogP contribution in [0.5, 0.6) is 6.01 Å². The lowest BCUT2D eigenvalue weighted by Gasteiger charge is -2.05. The van der Waals surface area contributed by atoms with Gasteiger partial charge in [-0.15, -0.1) is 0 Å². The molecule has 2 rings (SSSR count). The van der Waals surface area contributed by atoms with Gasteiger partial charge >= 0.3 is 6.01 Å². The number of rotatable bonds is 5. The van der Waals surface area contributed by atoms with Crippen LogP contribution < -0.4 is 16.0 Å². The van der Waals surface area contributed by atoms with Crippen LogP contribution in [0, 0.1) is 0 Å². The van der Waals surface area contributed by atoms with Crippen molar-refractivity contribution in [1.82, 2.24) is 19.9 Å². The summed E-state index contributed by atoms with van der Waals surface area (Å²) in [5.74, 6) is 6.18. The maximum Gasteiger partial charge on any atom is 0.321 e. The lowest BCUT2D eigenvalue weighted by molar-refractivity contribution is 0.376. The molecule has 18 heavy (non-hydrogen) atoms. The number of aryl methyl sites for hydroxylation is 2. The Balaban J connectivity index is 2.09. The van der Waals surface area contributed by atoms with Gasteiger partial charge in [0.1, 0.15) is 5.82 Å². The van der Waals surface area contributed by atoms with Crippen LogP contribution in [0.3, 0.4) is 0 Å². The number of hydrogen-bond acceptors (Lipinski definition) is 7. The number of nitrogens with two attached hydrogens (primary N) is 1. The molecule has 2 aromatic heterocycles. The van der Waals surface area contributed by atoms with Crippen LogP contribution in [0.25, 0.3) is 0 Å². The second-order valence-corrected chi connectivity index (χ2v) is 3.53. The number of aromatic nitrogens is 4. The molecule has 2 aromatic rings. The normalized spacial score (nSPS) is 10.1. The predicted octanol–water partition coefficient (Wildman–Crippen LogP) is 0.346. The van der Waals surface area contributed by atoms with Crippen LogP contribution in [0.1, 0.15) is 11.5 Å². The van der Waals surface area contributed by atoms with E-state index in [1.165, 1.54) is 7.11 Å². The van der Waals surface area contributed by atoms with Crippen molar-refractivity contribution in [1.29, 1.82) is 0 Å². The lowest BCUT2D eigenvalue weighted by Crippen LogP contribution is -2.13. The van der Waals surface area contributed by atoms with Gasteiger partial charge in [0.25, 0.3) is 0 Å². The van der Waals surface area contributed by atoms with Crippen LogP contribution in [0.2, 0.25) is 0 Å². The first-order valence-electron chi connectivity index (χ1n) is 5.47. The van der Waals surface area contributed by atoms with Gasteiger partial charge in [0.2, 0.25) is 5.95 Å². The molecule has 3 N–H and O–H groups in total. The molecule has 0 saturated heterocycles. The molecule has 0 aliphatic heterocycles. The van der Waals surface area contributed by atoms with E-state index >= 15 is 0 Å². The van der Waals surface area contributed by atoms with E-state index < -0.39 is 0 Å². The Kier molecular flexibility index (Phi) is 3.98. The molecule has 0 amide bonds. The van der Waals surface area contributed by atoms with E-state index in [0.717, 1.165) is 12.1 Å². The molecule has 0 saturated carbocycles. The van der Waals surface area contributed by atoms with Crippen molar-refractivity contribution in [2.75, 3.05) is 12.5 Å². The van der Waals surface area contributed by atoms with E-state index in [2.05, 4.69) is 25.4 Å². The number of methoxy groups -OCH3 is 1. The Morgan fingerprint density at radius 1 is 1.22 bits per heavy atom. The van der Waals surface area contributed by atoms with Gasteiger partial charge < -0.3 is 4.74 Å². The Labute approximate surface area is 104 Å². The Morgan fingerprint density at radius 2 is 2.11 bits per heavy atom. The largest absolute Gasteiger partial charge is 0.467 e. The second-order valence-electron chi connectivity index (χ2n) is 3.53. The zero-order chi connectivity index (χ0) is 12.8. The third-order valence-electron chi connectivity index (χ3n) is 2.30. The number of hydrogen-bond donors (Lipinski definition) is 2. The highest BCUT2D eigenvalue weighted by atomic mass is 16.5. The van der Waals surface area contributed by atoms with E-state index in [1.807, 2.05) is 18.2 Å². The summed E-state index contributed by atoms with van der Waals surface area (Å²) in [6, 6.07) is 6.03. The molecule has 0 unspecified atom stereocenters. The molecular weight excluding hydrogens is 232 g/mol. The van der Waals surface area contributed by atoms with Crippen molar-refractivity contribution in [3.05, 3.63) is 35.9 Å². The Bertz CT molecular complexity index is 482. The van der Waals surface area contributed by atoms with Gasteiger partial charge in [-0.3, -0.25) is 10.4 Å². The minimum absolute atomic E-state index is 0.244. The first kappa shape index (κ1) is 12.2. The molecule has 94 valence electrons. The highest BCUT2D eigenvalue weighted by Crippen LogP contribution is 2.08. The zero-order valence-corrected chi connectivity index (χ0v) is 10.00. The van der Waals surface area contributed by atoms with E-state index in [4.69, 9.17) is 10.6 Å². The predicted molar refractivity (Wildman–Crippen MR) is 65.8 cm³/mol. The third kappa shape index (κ3) is 3.11. The highest BCUT2D eigenvalue weighted by molar-refractivity contribution is 5.23. The number of hydrazine groups is 1. The van der Waals surface area contributed by atoms with Crippen LogP contribution >= 0.6 is 0 Å². The van der Waals surface area contributed by atoms with Crippen LogP contribution in [0.15, 0.2) is 24.4 Å². The summed E-state index contributed by atoms with van der Waals surface area (Å²) in [5, 5.41) is 0. The molecule has 0 aromatic carbocycles. The fourth-order valence-corrected chi connectivity index (χ4v) is 1.45. The minimum Gasteiger partial charge on any atom is -0.467 e. The SMILES string of the molecule is COc1nc(CCc2ccccn2)nc(NN)n1. The van der Waals surface area contributed by atoms with Gasteiger partial charge in [-0.2, -0.15) is 15.0 Å². The summed E-state index contributed by atoms with van der Waals surface area (Å²) in [6.07, 6.45) is 3.15. The summed E-state index contributed by atoms with van der Waals surface area (Å²) in [7, 11) is 1.50. The molecule has 0 aliphatic carbocycles. The fraction of sp³-hybridized carbons (Fsp3) is 0.273. The van der Waals surface area contributed by atoms with Crippen molar-refractivity contribution in [3.63, 3.8) is 0 Å². The molecule has 0 atom stereocenters. The minimum atomic E-state index is 0.244. The number of pyridine rings is 1. The summed E-state index contributed by atoms with van der Waals surface area (Å²) in [4.78, 5) is 16.5. The van der Waals surface area contributed by atoms with E-state index in [1.54, 1.807) is 6.20 Å². The molecule has 2 heterocycles. The first-order chi connectivity index (χ1) is 8.81. The quantitative estimate of drug-likeness (QED) is 0.580. The van der Waals surface area contributed by atoms with E-state index in [9.17, 15) is 0 Å². The first-order valence-corrected chi connectivity index (χ1v) is 5.47. The van der Waals surface area contributed by atoms with Gasteiger partial charge in [-0.25, -0.2) is 5.84 Å². The van der Waals surface area contributed by atoms with Gasteiger partial charge in [-0.05, 0) is 18.6 Å². The molecule has 7 heteroatoms. The summed E-state index contributed by atoms with van der Waals surface area (Å²) in [6.45, 7) is 0. The number of nitrogen functional groups attached to an aromatic ring is 1. The summed E-state index contributed by atoms with van der Waals surface area (Å²) in [5.41, 5.74) is 3.37. The summed E-state index contributed by atoms with van der Waals surface area (Å²) < 4.78 is 4.98. The maximum atomic E-state index is 5.28. The van der Waals surface area contributed by atoms with Gasteiger partial charge in [0.05, 0.1) is 7.11 Å².